The summed E-state index contributed by atoms with van der Waals surface area (Å²) in [7, 11) is 0. The zero-order valence-electron chi connectivity index (χ0n) is 11.0. The van der Waals surface area contributed by atoms with Crippen LogP contribution < -0.4 is 0 Å². The normalized spacial score (nSPS) is 19.2. The summed E-state index contributed by atoms with van der Waals surface area (Å²) in [6, 6.07) is 0. The van der Waals surface area contributed by atoms with Gasteiger partial charge in [-0.05, 0) is 27.7 Å². The highest BCUT2D eigenvalue weighted by molar-refractivity contribution is 5.68. The quantitative estimate of drug-likeness (QED) is 0.655. The van der Waals surface area contributed by atoms with Crippen LogP contribution in [0.2, 0.25) is 0 Å². The summed E-state index contributed by atoms with van der Waals surface area (Å²) in [5.74, 6) is 5.52. The standard InChI is InChI=1S/C13H21NO3/c1-5-6-13(16)7-9-14(10-8-13)11(15)17-12(2,3)4/h16H,7-10H2,1-4H3. The van der Waals surface area contributed by atoms with Crippen LogP contribution in [-0.2, 0) is 4.74 Å². The van der Waals surface area contributed by atoms with E-state index in [4.69, 9.17) is 4.74 Å². The number of carbonyl (C=O) groups excluding carboxylic acids is 1. The molecule has 1 N–H and O–H groups in total. The van der Waals surface area contributed by atoms with Crippen molar-refractivity contribution in [1.82, 2.24) is 4.90 Å². The molecule has 0 unspecified atom stereocenters. The number of rotatable bonds is 0. The van der Waals surface area contributed by atoms with E-state index in [1.54, 1.807) is 11.8 Å². The van der Waals surface area contributed by atoms with Crippen molar-refractivity contribution in [3.05, 3.63) is 0 Å². The van der Waals surface area contributed by atoms with Crippen LogP contribution in [0.3, 0.4) is 0 Å². The molecule has 1 saturated heterocycles. The maximum absolute atomic E-state index is 11.8. The maximum atomic E-state index is 11.8. The van der Waals surface area contributed by atoms with Crippen LogP contribution in [0.5, 0.6) is 0 Å². The monoisotopic (exact) mass is 239 g/mol. The minimum atomic E-state index is -0.937. The predicted molar refractivity (Wildman–Crippen MR) is 65.4 cm³/mol. The van der Waals surface area contributed by atoms with Crippen molar-refractivity contribution < 1.29 is 14.6 Å². The zero-order chi connectivity index (χ0) is 13.1. The molecular formula is C13H21NO3. The summed E-state index contributed by atoms with van der Waals surface area (Å²) in [6.45, 7) is 8.20. The Kier molecular flexibility index (Phi) is 4.05. The molecule has 4 nitrogen and oxygen atoms in total. The Labute approximate surface area is 103 Å². The van der Waals surface area contributed by atoms with Crippen molar-refractivity contribution >= 4 is 6.09 Å². The number of ether oxygens (including phenoxy) is 1. The number of piperidine rings is 1. The van der Waals surface area contributed by atoms with Crippen LogP contribution >= 0.6 is 0 Å². The Hall–Kier alpha value is -1.21. The van der Waals surface area contributed by atoms with Gasteiger partial charge in [-0.15, -0.1) is 5.92 Å². The number of hydrogen-bond donors (Lipinski definition) is 1. The number of amides is 1. The summed E-state index contributed by atoms with van der Waals surface area (Å²) in [4.78, 5) is 13.4. The molecule has 1 amide bonds. The topological polar surface area (TPSA) is 49.8 Å². The van der Waals surface area contributed by atoms with Crippen molar-refractivity contribution in [2.75, 3.05) is 13.1 Å². The summed E-state index contributed by atoms with van der Waals surface area (Å²) in [6.07, 6.45) is 0.643. The van der Waals surface area contributed by atoms with E-state index in [-0.39, 0.29) is 6.09 Å². The third kappa shape index (κ3) is 4.27. The van der Waals surface area contributed by atoms with Crippen LogP contribution in [0.1, 0.15) is 40.5 Å². The van der Waals surface area contributed by atoms with E-state index in [1.807, 2.05) is 20.8 Å². The number of nitrogens with zero attached hydrogens (tertiary/aromatic N) is 1. The SMILES string of the molecule is CC#CC1(O)CCN(C(=O)OC(C)(C)C)CC1. The summed E-state index contributed by atoms with van der Waals surface area (Å²) < 4.78 is 5.27. The highest BCUT2D eigenvalue weighted by Gasteiger charge is 2.33. The zero-order valence-corrected chi connectivity index (χ0v) is 11.0. The first-order valence-electron chi connectivity index (χ1n) is 5.90. The minimum Gasteiger partial charge on any atom is -0.444 e. The lowest BCUT2D eigenvalue weighted by molar-refractivity contribution is -0.00514. The number of hydrogen-bond acceptors (Lipinski definition) is 3. The summed E-state index contributed by atoms with van der Waals surface area (Å²) in [5, 5.41) is 10.1. The smallest absolute Gasteiger partial charge is 0.410 e. The van der Waals surface area contributed by atoms with E-state index in [2.05, 4.69) is 11.8 Å². The molecule has 0 aromatic heterocycles. The van der Waals surface area contributed by atoms with Crippen LogP contribution in [0.25, 0.3) is 0 Å². The van der Waals surface area contributed by atoms with Crippen LogP contribution in [0.4, 0.5) is 4.79 Å². The van der Waals surface area contributed by atoms with Gasteiger partial charge in [0, 0.05) is 25.9 Å². The molecule has 0 bridgehead atoms. The van der Waals surface area contributed by atoms with Crippen molar-refractivity contribution in [1.29, 1.82) is 0 Å². The van der Waals surface area contributed by atoms with Crippen molar-refractivity contribution in [3.63, 3.8) is 0 Å². The molecule has 0 spiro atoms. The number of carbonyl (C=O) groups is 1. The van der Waals surface area contributed by atoms with Crippen molar-refractivity contribution in [2.45, 2.75) is 51.7 Å². The molecule has 0 atom stereocenters. The fraction of sp³-hybridized carbons (Fsp3) is 0.769. The van der Waals surface area contributed by atoms with Gasteiger partial charge >= 0.3 is 6.09 Å². The molecule has 1 aliphatic rings. The molecule has 17 heavy (non-hydrogen) atoms. The Morgan fingerprint density at radius 2 is 1.88 bits per heavy atom. The summed E-state index contributed by atoms with van der Waals surface area (Å²) >= 11 is 0. The van der Waals surface area contributed by atoms with Crippen LogP contribution in [0, 0.1) is 11.8 Å². The fourth-order valence-corrected chi connectivity index (χ4v) is 1.74. The molecule has 0 aromatic rings. The van der Waals surface area contributed by atoms with E-state index in [1.165, 1.54) is 0 Å². The molecule has 4 heteroatoms. The van der Waals surface area contributed by atoms with Gasteiger partial charge in [0.05, 0.1) is 0 Å². The van der Waals surface area contributed by atoms with Gasteiger partial charge in [0.25, 0.3) is 0 Å². The second kappa shape index (κ2) is 4.97. The van der Waals surface area contributed by atoms with Gasteiger partial charge in [-0.1, -0.05) is 5.92 Å². The molecule has 0 radical (unpaired) electrons. The first-order valence-corrected chi connectivity index (χ1v) is 5.90. The van der Waals surface area contributed by atoms with Crippen LogP contribution in [-0.4, -0.2) is 40.4 Å². The number of likely N-dealkylation sites (tertiary alicyclic amines) is 1. The first-order chi connectivity index (χ1) is 7.76. The molecule has 0 aliphatic carbocycles. The molecule has 1 heterocycles. The van der Waals surface area contributed by atoms with Gasteiger partial charge < -0.3 is 14.7 Å². The van der Waals surface area contributed by atoms with E-state index in [0.29, 0.717) is 25.9 Å². The van der Waals surface area contributed by atoms with Gasteiger partial charge in [-0.3, -0.25) is 0 Å². The van der Waals surface area contributed by atoms with E-state index in [9.17, 15) is 9.90 Å². The second-order valence-corrected chi connectivity index (χ2v) is 5.37. The molecule has 1 aliphatic heterocycles. The fourth-order valence-electron chi connectivity index (χ4n) is 1.74. The molecule has 96 valence electrons. The van der Waals surface area contributed by atoms with Gasteiger partial charge in [-0.25, -0.2) is 4.79 Å². The van der Waals surface area contributed by atoms with Gasteiger partial charge in [0.1, 0.15) is 11.2 Å². The largest absolute Gasteiger partial charge is 0.444 e. The third-order valence-corrected chi connectivity index (χ3v) is 2.60. The lowest BCUT2D eigenvalue weighted by Crippen LogP contribution is -2.47. The minimum absolute atomic E-state index is 0.316. The van der Waals surface area contributed by atoms with Gasteiger partial charge in [0.15, 0.2) is 0 Å². The third-order valence-electron chi connectivity index (χ3n) is 2.60. The van der Waals surface area contributed by atoms with E-state index < -0.39 is 11.2 Å². The maximum Gasteiger partial charge on any atom is 0.410 e. The lowest BCUT2D eigenvalue weighted by atomic mass is 9.92. The highest BCUT2D eigenvalue weighted by Crippen LogP contribution is 2.22. The first kappa shape index (κ1) is 13.9. The van der Waals surface area contributed by atoms with E-state index in [0.717, 1.165) is 0 Å². The molecule has 0 aromatic carbocycles. The highest BCUT2D eigenvalue weighted by atomic mass is 16.6. The van der Waals surface area contributed by atoms with E-state index >= 15 is 0 Å². The average molecular weight is 239 g/mol. The Morgan fingerprint density at radius 3 is 2.29 bits per heavy atom. The second-order valence-electron chi connectivity index (χ2n) is 5.37. The van der Waals surface area contributed by atoms with Crippen molar-refractivity contribution in [2.24, 2.45) is 0 Å². The predicted octanol–water partition coefficient (Wildman–Crippen LogP) is 1.77. The average Bonchev–Trinajstić information content (AvgIpc) is 2.15. The van der Waals surface area contributed by atoms with Gasteiger partial charge in [-0.2, -0.15) is 0 Å². The molecular weight excluding hydrogens is 218 g/mol. The van der Waals surface area contributed by atoms with Crippen LogP contribution in [0.15, 0.2) is 0 Å². The Morgan fingerprint density at radius 1 is 1.35 bits per heavy atom. The molecule has 0 saturated carbocycles. The Balaban J connectivity index is 2.52. The molecule has 1 fully saturated rings. The molecule has 1 rings (SSSR count). The van der Waals surface area contributed by atoms with Crippen molar-refractivity contribution in [3.8, 4) is 11.8 Å². The summed E-state index contributed by atoms with van der Waals surface area (Å²) in [5.41, 5.74) is -1.42. The number of aliphatic hydroxyl groups is 1. The lowest BCUT2D eigenvalue weighted by Gasteiger charge is -2.35. The Bertz CT molecular complexity index is 338. The van der Waals surface area contributed by atoms with Gasteiger partial charge in [0.2, 0.25) is 0 Å².